The number of thiophene rings is 1. The van der Waals surface area contributed by atoms with Crippen molar-refractivity contribution < 1.29 is 9.47 Å². The Hall–Kier alpha value is -2.22. The summed E-state index contributed by atoms with van der Waals surface area (Å²) < 4.78 is 14.2. The lowest BCUT2D eigenvalue weighted by Gasteiger charge is -2.36. The fraction of sp³-hybridized carbons (Fsp3) is 0.538. The highest BCUT2D eigenvalue weighted by Crippen LogP contribution is 2.36. The minimum Gasteiger partial charge on any atom is -0.490 e. The van der Waals surface area contributed by atoms with Crippen molar-refractivity contribution in [3.63, 3.8) is 0 Å². The number of benzene rings is 1. The Morgan fingerprint density at radius 3 is 2.55 bits per heavy atom. The standard InChI is InChI=1S/C26H31N3O3S/c1-28-19-2-3-20(28)14-22(13-19)32-21-6-4-18(5-7-21)29-16-27-24-15-23(33-25(24)26(29)30)12-17-8-10-31-11-9-17/h4-7,15-17,19-20,22H,2-3,8-14H2,1H3/t19-,20+,22+. The largest absolute Gasteiger partial charge is 0.490 e. The molecule has 0 aliphatic carbocycles. The van der Waals surface area contributed by atoms with Crippen molar-refractivity contribution in [2.75, 3.05) is 20.3 Å². The summed E-state index contributed by atoms with van der Waals surface area (Å²) in [5.41, 5.74) is 1.63. The van der Waals surface area contributed by atoms with Crippen LogP contribution >= 0.6 is 11.3 Å². The Labute approximate surface area is 198 Å². The molecule has 2 bridgehead atoms. The first kappa shape index (κ1) is 21.3. The topological polar surface area (TPSA) is 56.6 Å². The maximum absolute atomic E-state index is 13.2. The van der Waals surface area contributed by atoms with Crippen molar-refractivity contribution in [1.82, 2.24) is 14.5 Å². The lowest BCUT2D eigenvalue weighted by Crippen LogP contribution is -2.43. The van der Waals surface area contributed by atoms with E-state index in [1.165, 1.54) is 17.7 Å². The maximum Gasteiger partial charge on any atom is 0.275 e. The molecule has 6 rings (SSSR count). The Balaban J connectivity index is 1.18. The van der Waals surface area contributed by atoms with Gasteiger partial charge in [-0.1, -0.05) is 0 Å². The lowest BCUT2D eigenvalue weighted by molar-refractivity contribution is 0.0661. The van der Waals surface area contributed by atoms with Gasteiger partial charge in [0, 0.05) is 30.2 Å². The first-order valence-electron chi connectivity index (χ1n) is 12.2. The van der Waals surface area contributed by atoms with Gasteiger partial charge in [-0.3, -0.25) is 9.36 Å². The highest BCUT2D eigenvalue weighted by Gasteiger charge is 2.39. The van der Waals surface area contributed by atoms with E-state index < -0.39 is 0 Å². The van der Waals surface area contributed by atoms with E-state index in [2.05, 4.69) is 23.0 Å². The van der Waals surface area contributed by atoms with Crippen LogP contribution in [0.3, 0.4) is 0 Å². The van der Waals surface area contributed by atoms with Gasteiger partial charge in [0.2, 0.25) is 0 Å². The molecule has 5 heterocycles. The molecule has 174 valence electrons. The third kappa shape index (κ3) is 4.22. The van der Waals surface area contributed by atoms with Crippen molar-refractivity contribution in [1.29, 1.82) is 0 Å². The first-order chi connectivity index (χ1) is 16.1. The molecular weight excluding hydrogens is 434 g/mol. The summed E-state index contributed by atoms with van der Waals surface area (Å²) in [4.78, 5) is 21.6. The van der Waals surface area contributed by atoms with Crippen LogP contribution in [-0.2, 0) is 11.2 Å². The highest BCUT2D eigenvalue weighted by atomic mass is 32.1. The molecule has 0 saturated carbocycles. The second-order valence-corrected chi connectivity index (χ2v) is 11.0. The Morgan fingerprint density at radius 1 is 1.09 bits per heavy atom. The van der Waals surface area contributed by atoms with Gasteiger partial charge >= 0.3 is 0 Å². The van der Waals surface area contributed by atoms with Crippen molar-refractivity contribution in [3.8, 4) is 11.4 Å². The zero-order chi connectivity index (χ0) is 22.4. The summed E-state index contributed by atoms with van der Waals surface area (Å²) in [5.74, 6) is 1.52. The van der Waals surface area contributed by atoms with Crippen molar-refractivity contribution >= 4 is 21.6 Å². The second kappa shape index (κ2) is 8.85. The predicted molar refractivity (Wildman–Crippen MR) is 131 cm³/mol. The fourth-order valence-corrected chi connectivity index (χ4v) is 6.97. The zero-order valence-electron chi connectivity index (χ0n) is 19.1. The summed E-state index contributed by atoms with van der Waals surface area (Å²) in [5, 5.41) is 0. The van der Waals surface area contributed by atoms with Crippen molar-refractivity contribution in [2.24, 2.45) is 5.92 Å². The van der Waals surface area contributed by atoms with Crippen LogP contribution in [-0.4, -0.2) is 52.9 Å². The molecule has 3 fully saturated rings. The van der Waals surface area contributed by atoms with E-state index in [9.17, 15) is 4.79 Å². The number of nitrogens with zero attached hydrogens (tertiary/aromatic N) is 3. The van der Waals surface area contributed by atoms with Gasteiger partial charge in [0.1, 0.15) is 22.9 Å². The third-order valence-electron chi connectivity index (χ3n) is 7.79. The molecule has 2 aromatic heterocycles. The Morgan fingerprint density at radius 2 is 1.82 bits per heavy atom. The van der Waals surface area contributed by atoms with Gasteiger partial charge < -0.3 is 14.4 Å². The van der Waals surface area contributed by atoms with E-state index in [1.807, 2.05) is 24.3 Å². The third-order valence-corrected chi connectivity index (χ3v) is 8.93. The van der Waals surface area contributed by atoms with E-state index >= 15 is 0 Å². The van der Waals surface area contributed by atoms with Crippen LogP contribution in [0.15, 0.2) is 41.5 Å². The lowest BCUT2D eigenvalue weighted by atomic mass is 9.96. The van der Waals surface area contributed by atoms with E-state index in [0.717, 1.165) is 67.0 Å². The maximum atomic E-state index is 13.2. The van der Waals surface area contributed by atoms with Crippen LogP contribution in [0.2, 0.25) is 0 Å². The molecule has 3 aliphatic heterocycles. The Kier molecular flexibility index (Phi) is 5.72. The van der Waals surface area contributed by atoms with Crippen LogP contribution in [0.4, 0.5) is 0 Å². The van der Waals surface area contributed by atoms with E-state index in [-0.39, 0.29) is 11.7 Å². The van der Waals surface area contributed by atoms with Gasteiger partial charge in [-0.05, 0) is 88.2 Å². The summed E-state index contributed by atoms with van der Waals surface area (Å²) in [6, 6.07) is 11.3. The van der Waals surface area contributed by atoms with Gasteiger partial charge in [0.05, 0.1) is 11.2 Å². The summed E-state index contributed by atoms with van der Waals surface area (Å²) in [6.07, 6.45) is 9.92. The molecule has 3 aromatic rings. The predicted octanol–water partition coefficient (Wildman–Crippen LogP) is 4.42. The molecule has 0 radical (unpaired) electrons. The zero-order valence-corrected chi connectivity index (χ0v) is 19.9. The number of hydrogen-bond donors (Lipinski definition) is 0. The van der Waals surface area contributed by atoms with E-state index in [4.69, 9.17) is 9.47 Å². The quantitative estimate of drug-likeness (QED) is 0.558. The number of hydrogen-bond acceptors (Lipinski definition) is 6. The molecule has 3 saturated heterocycles. The molecule has 0 spiro atoms. The summed E-state index contributed by atoms with van der Waals surface area (Å²) >= 11 is 1.59. The normalized spacial score (nSPS) is 26.2. The molecule has 1 aromatic carbocycles. The minimum absolute atomic E-state index is 0.00351. The summed E-state index contributed by atoms with van der Waals surface area (Å²) in [7, 11) is 2.25. The second-order valence-electron chi connectivity index (χ2n) is 9.86. The SMILES string of the molecule is CN1[C@@H]2CC[C@H]1C[C@@H](Oc1ccc(-n3cnc4cc(CC5CCOCC5)sc4c3=O)cc1)C2. The van der Waals surface area contributed by atoms with Crippen LogP contribution < -0.4 is 10.3 Å². The first-order valence-corrected chi connectivity index (χ1v) is 13.0. The minimum atomic E-state index is 0.00351. The molecule has 3 aliphatic rings. The van der Waals surface area contributed by atoms with Gasteiger partial charge in [0.15, 0.2) is 0 Å². The number of piperidine rings is 1. The van der Waals surface area contributed by atoms with Gasteiger partial charge in [0.25, 0.3) is 5.56 Å². The molecule has 6 nitrogen and oxygen atoms in total. The molecule has 7 heteroatoms. The number of fused-ring (bicyclic) bond motifs is 3. The molecule has 33 heavy (non-hydrogen) atoms. The number of aromatic nitrogens is 2. The Bertz CT molecular complexity index is 1170. The number of ether oxygens (including phenoxy) is 2. The molecule has 0 N–H and O–H groups in total. The van der Waals surface area contributed by atoms with Crippen LogP contribution in [0.5, 0.6) is 5.75 Å². The molecule has 0 unspecified atom stereocenters. The molecule has 3 atom stereocenters. The van der Waals surface area contributed by atoms with E-state index in [1.54, 1.807) is 22.2 Å². The van der Waals surface area contributed by atoms with Gasteiger partial charge in [-0.2, -0.15) is 0 Å². The fourth-order valence-electron chi connectivity index (χ4n) is 5.82. The highest BCUT2D eigenvalue weighted by molar-refractivity contribution is 7.18. The average molecular weight is 466 g/mol. The van der Waals surface area contributed by atoms with Crippen molar-refractivity contribution in [3.05, 3.63) is 51.9 Å². The monoisotopic (exact) mass is 465 g/mol. The summed E-state index contributed by atoms with van der Waals surface area (Å²) in [6.45, 7) is 1.69. The van der Waals surface area contributed by atoms with Gasteiger partial charge in [-0.15, -0.1) is 11.3 Å². The van der Waals surface area contributed by atoms with Crippen LogP contribution in [0.25, 0.3) is 15.9 Å². The smallest absolute Gasteiger partial charge is 0.275 e. The molecular formula is C26H31N3O3S. The van der Waals surface area contributed by atoms with Crippen molar-refractivity contribution in [2.45, 2.75) is 63.1 Å². The number of rotatable bonds is 5. The van der Waals surface area contributed by atoms with Crippen LogP contribution in [0.1, 0.15) is 43.4 Å². The average Bonchev–Trinajstić information content (AvgIpc) is 3.31. The van der Waals surface area contributed by atoms with E-state index in [0.29, 0.717) is 18.0 Å². The van der Waals surface area contributed by atoms with Gasteiger partial charge in [-0.25, -0.2) is 4.98 Å². The molecule has 0 amide bonds. The van der Waals surface area contributed by atoms with Crippen LogP contribution in [0, 0.1) is 5.92 Å².